The Labute approximate surface area is 194 Å². The molecule has 0 radical (unpaired) electrons. The maximum absolute atomic E-state index is 14.2. The van der Waals surface area contributed by atoms with Crippen LogP contribution in [0.2, 0.25) is 0 Å². The molecule has 1 aliphatic rings. The van der Waals surface area contributed by atoms with Crippen molar-refractivity contribution in [2.45, 2.75) is 31.1 Å². The quantitative estimate of drug-likeness (QED) is 0.288. The molecule has 8 nitrogen and oxygen atoms in total. The highest BCUT2D eigenvalue weighted by Gasteiger charge is 2.42. The number of nitrogens with zero attached hydrogens (tertiary/aromatic N) is 4. The van der Waals surface area contributed by atoms with Crippen LogP contribution in [0.15, 0.2) is 61.1 Å². The zero-order chi connectivity index (χ0) is 23.2. The van der Waals surface area contributed by atoms with Crippen molar-refractivity contribution in [3.63, 3.8) is 0 Å². The molecule has 5 aromatic rings. The molecule has 0 amide bonds. The molecule has 6 rings (SSSR count). The molecule has 3 atom stereocenters. The van der Waals surface area contributed by atoms with Gasteiger partial charge in [-0.15, -0.1) is 0 Å². The molecular weight excluding hydrogens is 431 g/mol. The fourth-order valence-electron chi connectivity index (χ4n) is 4.59. The monoisotopic (exact) mass is 454 g/mol. The van der Waals surface area contributed by atoms with Gasteiger partial charge in [0.1, 0.15) is 11.6 Å². The van der Waals surface area contributed by atoms with Crippen molar-refractivity contribution in [1.29, 1.82) is 0 Å². The molecule has 34 heavy (non-hydrogen) atoms. The first-order valence-electron chi connectivity index (χ1n) is 11.2. The molecule has 0 bridgehead atoms. The Morgan fingerprint density at radius 3 is 2.88 bits per heavy atom. The summed E-state index contributed by atoms with van der Waals surface area (Å²) in [5.74, 6) is 1.63. The van der Waals surface area contributed by atoms with Gasteiger partial charge in [-0.05, 0) is 41.7 Å². The fraction of sp³-hybridized carbons (Fsp3) is 0.200. The minimum atomic E-state index is -0.156. The summed E-state index contributed by atoms with van der Waals surface area (Å²) in [7, 11) is 0. The second kappa shape index (κ2) is 7.95. The number of hydrogen-bond donors (Lipinski definition) is 4. The zero-order valence-electron chi connectivity index (χ0n) is 18.5. The van der Waals surface area contributed by atoms with Gasteiger partial charge in [0.25, 0.3) is 0 Å². The fourth-order valence-corrected chi connectivity index (χ4v) is 4.59. The van der Waals surface area contributed by atoms with E-state index in [1.807, 2.05) is 24.3 Å². The highest BCUT2D eigenvalue weighted by Crippen LogP contribution is 2.54. The average molecular weight is 455 g/mol. The lowest BCUT2D eigenvalue weighted by molar-refractivity contribution is 0.609. The van der Waals surface area contributed by atoms with Gasteiger partial charge in [-0.25, -0.2) is 14.4 Å². The van der Waals surface area contributed by atoms with Crippen molar-refractivity contribution in [2.75, 3.05) is 11.1 Å². The second-order valence-electron chi connectivity index (χ2n) is 8.74. The molecule has 2 aromatic carbocycles. The molecule has 0 aliphatic heterocycles. The van der Waals surface area contributed by atoms with Crippen LogP contribution in [0.5, 0.6) is 0 Å². The van der Waals surface area contributed by atoms with E-state index in [0.29, 0.717) is 11.6 Å². The van der Waals surface area contributed by atoms with Crippen molar-refractivity contribution < 1.29 is 4.39 Å². The number of H-pyrrole nitrogens is 2. The molecule has 9 heteroatoms. The Kier molecular flexibility index (Phi) is 4.75. The maximum atomic E-state index is 14.2. The Bertz CT molecular complexity index is 1490. The Morgan fingerprint density at radius 1 is 1.12 bits per heavy atom. The number of aromatic nitrogens is 6. The minimum absolute atomic E-state index is 0.00326. The number of hydrogen-bond acceptors (Lipinski definition) is 6. The van der Waals surface area contributed by atoms with Gasteiger partial charge in [0, 0.05) is 35.4 Å². The van der Waals surface area contributed by atoms with E-state index in [9.17, 15) is 4.39 Å². The topological polar surface area (TPSA) is 121 Å². The van der Waals surface area contributed by atoms with Crippen molar-refractivity contribution in [2.24, 2.45) is 0 Å². The normalized spacial score (nSPS) is 18.2. The Morgan fingerprint density at radius 2 is 2.00 bits per heavy atom. The molecule has 2 unspecified atom stereocenters. The molecule has 3 aromatic heterocycles. The number of imidazole rings is 1. The predicted molar refractivity (Wildman–Crippen MR) is 128 cm³/mol. The third kappa shape index (κ3) is 3.64. The highest BCUT2D eigenvalue weighted by molar-refractivity contribution is 5.75. The van der Waals surface area contributed by atoms with Gasteiger partial charge in [-0.3, -0.25) is 5.10 Å². The molecule has 170 valence electrons. The summed E-state index contributed by atoms with van der Waals surface area (Å²) in [5.41, 5.74) is 11.5. The van der Waals surface area contributed by atoms with Crippen molar-refractivity contribution in [3.05, 3.63) is 89.3 Å². The number of fused-ring (bicyclic) bond motifs is 1. The van der Waals surface area contributed by atoms with Crippen LogP contribution in [0.3, 0.4) is 0 Å². The number of aromatic amines is 2. The van der Waals surface area contributed by atoms with Crippen LogP contribution in [0.25, 0.3) is 11.0 Å². The van der Waals surface area contributed by atoms with Crippen molar-refractivity contribution >= 4 is 28.6 Å². The van der Waals surface area contributed by atoms with Crippen LogP contribution < -0.4 is 11.1 Å². The van der Waals surface area contributed by atoms with Crippen molar-refractivity contribution in [1.82, 2.24) is 30.1 Å². The summed E-state index contributed by atoms with van der Waals surface area (Å²) in [5, 5.41) is 10.8. The van der Waals surface area contributed by atoms with Gasteiger partial charge in [-0.1, -0.05) is 31.2 Å². The summed E-state index contributed by atoms with van der Waals surface area (Å²) in [6.45, 7) is 2.09. The molecule has 5 N–H and O–H groups in total. The van der Waals surface area contributed by atoms with E-state index in [2.05, 4.69) is 54.5 Å². The number of nitrogens with two attached hydrogens (primary N) is 1. The van der Waals surface area contributed by atoms with Crippen LogP contribution in [-0.2, 0) is 0 Å². The van der Waals surface area contributed by atoms with Crippen molar-refractivity contribution in [3.8, 4) is 0 Å². The van der Waals surface area contributed by atoms with E-state index in [0.717, 1.165) is 39.8 Å². The standard InChI is InChI=1S/C25H23FN8/c1-13(14-6-7-20-22(8-14)30-12-29-20)18-11-28-25(27)32-24(18)31-23-10-21(33-34-23)17-9-16(17)15-4-2-3-5-19(15)26/h2-8,10-13,16-17H,9H2,1H3,(H,29,30)(H4,27,28,31,32,33,34)/t13-,16?,17?/m0/s1. The first-order valence-corrected chi connectivity index (χ1v) is 11.2. The summed E-state index contributed by atoms with van der Waals surface area (Å²) in [6, 6.07) is 15.0. The van der Waals surface area contributed by atoms with E-state index in [1.54, 1.807) is 18.6 Å². The maximum Gasteiger partial charge on any atom is 0.221 e. The lowest BCUT2D eigenvalue weighted by Gasteiger charge is -2.16. The molecular formula is C25H23FN8. The summed E-state index contributed by atoms with van der Waals surface area (Å²) in [6.07, 6.45) is 4.32. The molecule has 3 heterocycles. The third-order valence-corrected chi connectivity index (χ3v) is 6.59. The summed E-state index contributed by atoms with van der Waals surface area (Å²) in [4.78, 5) is 16.1. The van der Waals surface area contributed by atoms with Gasteiger partial charge in [-0.2, -0.15) is 10.1 Å². The Balaban J connectivity index is 1.25. The number of rotatable bonds is 6. The van der Waals surface area contributed by atoms with E-state index < -0.39 is 0 Å². The van der Waals surface area contributed by atoms with Gasteiger partial charge >= 0.3 is 0 Å². The van der Waals surface area contributed by atoms with Crippen LogP contribution in [0.4, 0.5) is 22.0 Å². The highest BCUT2D eigenvalue weighted by atomic mass is 19.1. The van der Waals surface area contributed by atoms with Gasteiger partial charge < -0.3 is 16.0 Å². The number of anilines is 3. The van der Waals surface area contributed by atoms with Crippen LogP contribution in [0.1, 0.15) is 53.5 Å². The largest absolute Gasteiger partial charge is 0.368 e. The lowest BCUT2D eigenvalue weighted by atomic mass is 9.94. The number of halogens is 1. The molecule has 0 spiro atoms. The Hall–Kier alpha value is -4.27. The molecule has 1 aliphatic carbocycles. The van der Waals surface area contributed by atoms with Gasteiger partial charge in [0.05, 0.1) is 17.4 Å². The molecule has 1 saturated carbocycles. The number of benzene rings is 2. The summed E-state index contributed by atoms with van der Waals surface area (Å²) >= 11 is 0. The van der Waals surface area contributed by atoms with E-state index >= 15 is 0 Å². The van der Waals surface area contributed by atoms with Crippen LogP contribution in [-0.4, -0.2) is 30.1 Å². The van der Waals surface area contributed by atoms with Crippen LogP contribution in [0, 0.1) is 5.82 Å². The lowest BCUT2D eigenvalue weighted by Crippen LogP contribution is -2.07. The number of nitrogen functional groups attached to an aromatic ring is 1. The first kappa shape index (κ1) is 20.3. The molecule has 1 fully saturated rings. The average Bonchev–Trinajstić information content (AvgIpc) is 3.24. The van der Waals surface area contributed by atoms with Gasteiger partial charge in [0.2, 0.25) is 5.95 Å². The summed E-state index contributed by atoms with van der Waals surface area (Å²) < 4.78 is 14.2. The molecule has 0 saturated heterocycles. The third-order valence-electron chi connectivity index (χ3n) is 6.59. The second-order valence-corrected chi connectivity index (χ2v) is 8.74. The predicted octanol–water partition coefficient (Wildman–Crippen LogP) is 4.96. The van der Waals surface area contributed by atoms with E-state index in [-0.39, 0.29) is 29.5 Å². The van der Waals surface area contributed by atoms with E-state index in [4.69, 9.17) is 5.73 Å². The zero-order valence-corrected chi connectivity index (χ0v) is 18.5. The smallest absolute Gasteiger partial charge is 0.221 e. The number of nitrogens with one attached hydrogen (secondary N) is 3. The minimum Gasteiger partial charge on any atom is -0.368 e. The first-order chi connectivity index (χ1) is 16.6. The van der Waals surface area contributed by atoms with E-state index in [1.165, 1.54) is 6.07 Å². The van der Waals surface area contributed by atoms with Gasteiger partial charge in [0.15, 0.2) is 5.82 Å². The van der Waals surface area contributed by atoms with Crippen LogP contribution >= 0.6 is 0 Å². The SMILES string of the molecule is C[C@@H](c1ccc2[nH]cnc2c1)c1cnc(N)nc1Nc1cc(C2CC2c2ccccc2F)[nH]n1.